The van der Waals surface area contributed by atoms with Crippen molar-refractivity contribution in [2.75, 3.05) is 11.5 Å². The Labute approximate surface area is 117 Å². The highest BCUT2D eigenvalue weighted by molar-refractivity contribution is 7.99. The van der Waals surface area contributed by atoms with Gasteiger partial charge in [0.2, 0.25) is 5.95 Å². The van der Waals surface area contributed by atoms with E-state index in [1.54, 1.807) is 11.8 Å². The Morgan fingerprint density at radius 2 is 2.05 bits per heavy atom. The molecule has 1 saturated carbocycles. The van der Waals surface area contributed by atoms with E-state index < -0.39 is 0 Å². The molecule has 1 atom stereocenters. The SMILES string of the molecule is CC(CSc1nnc(N)n1C1CC1)c1ccccc1. The van der Waals surface area contributed by atoms with Crippen molar-refractivity contribution < 1.29 is 0 Å². The maximum atomic E-state index is 5.88. The molecule has 1 unspecified atom stereocenters. The molecule has 2 aromatic rings. The summed E-state index contributed by atoms with van der Waals surface area (Å²) in [6, 6.07) is 11.1. The molecule has 1 aliphatic carbocycles. The van der Waals surface area contributed by atoms with Crippen molar-refractivity contribution in [3.63, 3.8) is 0 Å². The second kappa shape index (κ2) is 5.25. The van der Waals surface area contributed by atoms with Crippen molar-refractivity contribution in [2.45, 2.75) is 36.9 Å². The smallest absolute Gasteiger partial charge is 0.222 e. The molecule has 0 saturated heterocycles. The van der Waals surface area contributed by atoms with Crippen LogP contribution in [0.1, 0.15) is 37.3 Å². The Balaban J connectivity index is 1.66. The summed E-state index contributed by atoms with van der Waals surface area (Å²) >= 11 is 1.75. The summed E-state index contributed by atoms with van der Waals surface area (Å²) in [6.45, 7) is 2.24. The van der Waals surface area contributed by atoms with Gasteiger partial charge in [-0.3, -0.25) is 4.57 Å². The van der Waals surface area contributed by atoms with Crippen LogP contribution in [-0.2, 0) is 0 Å². The highest BCUT2D eigenvalue weighted by atomic mass is 32.2. The monoisotopic (exact) mass is 274 g/mol. The number of hydrogen-bond acceptors (Lipinski definition) is 4. The Bertz CT molecular complexity index is 548. The highest BCUT2D eigenvalue weighted by Gasteiger charge is 2.28. The lowest BCUT2D eigenvalue weighted by Gasteiger charge is -2.11. The van der Waals surface area contributed by atoms with E-state index in [9.17, 15) is 0 Å². The molecule has 1 aromatic carbocycles. The van der Waals surface area contributed by atoms with E-state index in [4.69, 9.17) is 5.73 Å². The van der Waals surface area contributed by atoms with Crippen LogP contribution in [0.3, 0.4) is 0 Å². The molecule has 1 fully saturated rings. The average molecular weight is 274 g/mol. The largest absolute Gasteiger partial charge is 0.368 e. The summed E-state index contributed by atoms with van der Waals surface area (Å²) in [4.78, 5) is 0. The summed E-state index contributed by atoms with van der Waals surface area (Å²) in [5.41, 5.74) is 7.24. The molecule has 1 heterocycles. The first-order chi connectivity index (χ1) is 9.25. The fourth-order valence-electron chi connectivity index (χ4n) is 2.14. The predicted molar refractivity (Wildman–Crippen MR) is 78.3 cm³/mol. The van der Waals surface area contributed by atoms with Crippen LogP contribution in [0.5, 0.6) is 0 Å². The molecule has 19 heavy (non-hydrogen) atoms. The molecule has 1 aliphatic rings. The zero-order chi connectivity index (χ0) is 13.2. The van der Waals surface area contributed by atoms with Gasteiger partial charge in [0.25, 0.3) is 0 Å². The molecular formula is C14H18N4S. The first kappa shape index (κ1) is 12.5. The van der Waals surface area contributed by atoms with Crippen LogP contribution in [-0.4, -0.2) is 20.5 Å². The number of nitrogen functional groups attached to an aromatic ring is 1. The lowest BCUT2D eigenvalue weighted by molar-refractivity contribution is 0.670. The molecule has 0 bridgehead atoms. The molecule has 1 aromatic heterocycles. The molecule has 4 nitrogen and oxygen atoms in total. The number of nitrogens with zero attached hydrogens (tertiary/aromatic N) is 3. The van der Waals surface area contributed by atoms with E-state index in [-0.39, 0.29) is 0 Å². The summed E-state index contributed by atoms with van der Waals surface area (Å²) in [5, 5.41) is 9.15. The zero-order valence-electron chi connectivity index (χ0n) is 11.0. The van der Waals surface area contributed by atoms with Crippen molar-refractivity contribution in [1.82, 2.24) is 14.8 Å². The zero-order valence-corrected chi connectivity index (χ0v) is 11.8. The Morgan fingerprint density at radius 3 is 2.74 bits per heavy atom. The summed E-state index contributed by atoms with van der Waals surface area (Å²) < 4.78 is 2.09. The van der Waals surface area contributed by atoms with Crippen molar-refractivity contribution in [1.29, 1.82) is 0 Å². The van der Waals surface area contributed by atoms with Gasteiger partial charge in [0.05, 0.1) is 0 Å². The van der Waals surface area contributed by atoms with Crippen LogP contribution in [0.2, 0.25) is 0 Å². The molecule has 100 valence electrons. The van der Waals surface area contributed by atoms with Crippen molar-refractivity contribution >= 4 is 17.7 Å². The van der Waals surface area contributed by atoms with E-state index in [0.717, 1.165) is 10.9 Å². The summed E-state index contributed by atoms with van der Waals surface area (Å²) in [7, 11) is 0. The lowest BCUT2D eigenvalue weighted by atomic mass is 10.0. The van der Waals surface area contributed by atoms with Gasteiger partial charge in [0, 0.05) is 11.8 Å². The predicted octanol–water partition coefficient (Wildman–Crippen LogP) is 3.09. The van der Waals surface area contributed by atoms with E-state index in [1.807, 2.05) is 6.07 Å². The van der Waals surface area contributed by atoms with Crippen molar-refractivity contribution in [2.24, 2.45) is 0 Å². The Kier molecular flexibility index (Phi) is 3.46. The van der Waals surface area contributed by atoms with Gasteiger partial charge < -0.3 is 5.73 Å². The molecule has 3 rings (SSSR count). The first-order valence-corrected chi connectivity index (χ1v) is 7.62. The Morgan fingerprint density at radius 1 is 1.32 bits per heavy atom. The van der Waals surface area contributed by atoms with Crippen LogP contribution < -0.4 is 5.73 Å². The van der Waals surface area contributed by atoms with Gasteiger partial charge in [-0.05, 0) is 24.3 Å². The van der Waals surface area contributed by atoms with Gasteiger partial charge in [-0.25, -0.2) is 0 Å². The first-order valence-electron chi connectivity index (χ1n) is 6.64. The molecule has 0 amide bonds. The number of benzene rings is 1. The van der Waals surface area contributed by atoms with Gasteiger partial charge in [-0.2, -0.15) is 0 Å². The van der Waals surface area contributed by atoms with Gasteiger partial charge in [-0.1, -0.05) is 49.0 Å². The third kappa shape index (κ3) is 2.76. The number of nitrogens with two attached hydrogens (primary N) is 1. The standard InChI is InChI=1S/C14H18N4S/c1-10(11-5-3-2-4-6-11)9-19-14-17-16-13(15)18(14)12-7-8-12/h2-6,10,12H,7-9H2,1H3,(H2,15,16). The fraction of sp³-hybridized carbons (Fsp3) is 0.429. The molecule has 2 N–H and O–H groups in total. The van der Waals surface area contributed by atoms with Gasteiger partial charge >= 0.3 is 0 Å². The van der Waals surface area contributed by atoms with E-state index in [0.29, 0.717) is 17.9 Å². The molecule has 0 aliphatic heterocycles. The minimum Gasteiger partial charge on any atom is -0.368 e. The Hall–Kier alpha value is -1.49. The molecule has 0 radical (unpaired) electrons. The maximum absolute atomic E-state index is 5.88. The van der Waals surface area contributed by atoms with Crippen LogP contribution in [0.15, 0.2) is 35.5 Å². The summed E-state index contributed by atoms with van der Waals surface area (Å²) in [6.07, 6.45) is 2.40. The van der Waals surface area contributed by atoms with E-state index >= 15 is 0 Å². The lowest BCUT2D eigenvalue weighted by Crippen LogP contribution is -2.03. The van der Waals surface area contributed by atoms with Gasteiger partial charge in [0.15, 0.2) is 5.16 Å². The topological polar surface area (TPSA) is 56.7 Å². The number of rotatable bonds is 5. The minimum atomic E-state index is 0.497. The third-order valence-electron chi connectivity index (χ3n) is 3.43. The molecule has 5 heteroatoms. The van der Waals surface area contributed by atoms with Crippen LogP contribution in [0.4, 0.5) is 5.95 Å². The van der Waals surface area contributed by atoms with Gasteiger partial charge in [0.1, 0.15) is 0 Å². The summed E-state index contributed by atoms with van der Waals surface area (Å²) in [5.74, 6) is 2.05. The third-order valence-corrected chi connectivity index (χ3v) is 4.64. The molecular weight excluding hydrogens is 256 g/mol. The van der Waals surface area contributed by atoms with Crippen LogP contribution in [0.25, 0.3) is 0 Å². The quantitative estimate of drug-likeness (QED) is 0.851. The minimum absolute atomic E-state index is 0.497. The second-order valence-corrected chi connectivity index (χ2v) is 6.05. The number of anilines is 1. The van der Waals surface area contributed by atoms with Crippen molar-refractivity contribution in [3.05, 3.63) is 35.9 Å². The van der Waals surface area contributed by atoms with E-state index in [1.165, 1.54) is 18.4 Å². The number of thioether (sulfide) groups is 1. The number of aromatic nitrogens is 3. The highest BCUT2D eigenvalue weighted by Crippen LogP contribution is 2.39. The van der Waals surface area contributed by atoms with Crippen LogP contribution >= 0.6 is 11.8 Å². The fourth-order valence-corrected chi connectivity index (χ4v) is 3.21. The number of hydrogen-bond donors (Lipinski definition) is 1. The van der Waals surface area contributed by atoms with Crippen molar-refractivity contribution in [3.8, 4) is 0 Å². The molecule has 0 spiro atoms. The average Bonchev–Trinajstić information content (AvgIpc) is 3.21. The maximum Gasteiger partial charge on any atom is 0.222 e. The van der Waals surface area contributed by atoms with Crippen LogP contribution in [0, 0.1) is 0 Å². The van der Waals surface area contributed by atoms with Gasteiger partial charge in [-0.15, -0.1) is 10.2 Å². The normalized spacial score (nSPS) is 16.5. The van der Waals surface area contributed by atoms with E-state index in [2.05, 4.69) is 46.0 Å². The second-order valence-electron chi connectivity index (χ2n) is 5.06.